The second kappa shape index (κ2) is 6.47. The molecule has 0 spiro atoms. The van der Waals surface area contributed by atoms with E-state index in [1.807, 2.05) is 19.1 Å². The molecule has 114 valence electrons. The summed E-state index contributed by atoms with van der Waals surface area (Å²) in [5.41, 5.74) is -0.403. The number of anilines is 1. The number of hydrogen-bond donors (Lipinski definition) is 2. The third kappa shape index (κ3) is 3.20. The van der Waals surface area contributed by atoms with E-state index in [-0.39, 0.29) is 6.03 Å². The summed E-state index contributed by atoms with van der Waals surface area (Å²) in [7, 11) is 0. The van der Waals surface area contributed by atoms with Gasteiger partial charge in [0.05, 0.1) is 0 Å². The maximum Gasteiger partial charge on any atom is 0.329 e. The average molecular weight is 355 g/mol. The number of carbonyl (C=O) groups excluding carboxylic acids is 1. The molecule has 0 bridgehead atoms. The van der Waals surface area contributed by atoms with Gasteiger partial charge in [0.2, 0.25) is 0 Å². The van der Waals surface area contributed by atoms with E-state index in [4.69, 9.17) is 0 Å². The van der Waals surface area contributed by atoms with E-state index < -0.39 is 11.5 Å². The van der Waals surface area contributed by atoms with Gasteiger partial charge in [-0.25, -0.2) is 9.59 Å². The number of carboxylic acid groups (broad SMARTS) is 1. The van der Waals surface area contributed by atoms with Crippen LogP contribution < -0.4 is 5.32 Å². The predicted molar refractivity (Wildman–Crippen MR) is 84.4 cm³/mol. The molecule has 1 aliphatic heterocycles. The minimum absolute atomic E-state index is 0.342. The lowest BCUT2D eigenvalue weighted by molar-refractivity contribution is -0.148. The topological polar surface area (TPSA) is 69.6 Å². The summed E-state index contributed by atoms with van der Waals surface area (Å²) in [5, 5.41) is 12.4. The highest BCUT2D eigenvalue weighted by Crippen LogP contribution is 2.34. The standard InChI is InChI=1S/C15H19BrN2O3/c1-2-8-15(13(19)20)9-3-10-18(15)14(21)17-12-6-4-11(16)5-7-12/h4-7H,2-3,8-10H2,1H3,(H,17,21)(H,19,20). The second-order valence-corrected chi connectivity index (χ2v) is 6.19. The maximum absolute atomic E-state index is 12.4. The van der Waals surface area contributed by atoms with Crippen LogP contribution in [-0.4, -0.2) is 34.1 Å². The van der Waals surface area contributed by atoms with Crippen molar-refractivity contribution in [3.63, 3.8) is 0 Å². The molecule has 1 fully saturated rings. The molecule has 1 aromatic rings. The molecule has 0 aromatic heterocycles. The normalized spacial score (nSPS) is 21.3. The van der Waals surface area contributed by atoms with Crippen LogP contribution in [0.3, 0.4) is 0 Å². The minimum atomic E-state index is -1.06. The van der Waals surface area contributed by atoms with E-state index >= 15 is 0 Å². The summed E-state index contributed by atoms with van der Waals surface area (Å²) in [5.74, 6) is -0.909. The summed E-state index contributed by atoms with van der Waals surface area (Å²) in [4.78, 5) is 25.6. The van der Waals surface area contributed by atoms with Crippen molar-refractivity contribution in [2.45, 2.75) is 38.1 Å². The van der Waals surface area contributed by atoms with Crippen LogP contribution in [0.25, 0.3) is 0 Å². The molecular weight excluding hydrogens is 336 g/mol. The lowest BCUT2D eigenvalue weighted by Gasteiger charge is -2.34. The quantitative estimate of drug-likeness (QED) is 0.865. The molecule has 21 heavy (non-hydrogen) atoms. The van der Waals surface area contributed by atoms with Crippen molar-refractivity contribution in [1.82, 2.24) is 4.90 Å². The lowest BCUT2D eigenvalue weighted by atomic mass is 9.91. The van der Waals surface area contributed by atoms with Crippen LogP contribution in [0, 0.1) is 0 Å². The fraction of sp³-hybridized carbons (Fsp3) is 0.467. The van der Waals surface area contributed by atoms with Gasteiger partial charge in [-0.2, -0.15) is 0 Å². The Balaban J connectivity index is 2.16. The summed E-state index contributed by atoms with van der Waals surface area (Å²) in [6.45, 7) is 2.42. The first-order valence-electron chi connectivity index (χ1n) is 7.07. The maximum atomic E-state index is 12.4. The van der Waals surface area contributed by atoms with Gasteiger partial charge in [-0.15, -0.1) is 0 Å². The molecule has 2 amide bonds. The number of carboxylic acids is 1. The third-order valence-electron chi connectivity index (χ3n) is 3.89. The van der Waals surface area contributed by atoms with Crippen LogP contribution in [0.4, 0.5) is 10.5 Å². The Bertz CT molecular complexity index is 532. The zero-order chi connectivity index (χ0) is 15.5. The largest absolute Gasteiger partial charge is 0.479 e. The number of nitrogens with one attached hydrogen (secondary N) is 1. The molecule has 1 heterocycles. The zero-order valence-corrected chi connectivity index (χ0v) is 13.5. The molecule has 0 aliphatic carbocycles. The number of halogens is 1. The number of benzene rings is 1. The van der Waals surface area contributed by atoms with Gasteiger partial charge >= 0.3 is 12.0 Å². The smallest absolute Gasteiger partial charge is 0.329 e. The van der Waals surface area contributed by atoms with Crippen LogP contribution in [0.5, 0.6) is 0 Å². The number of amides is 2. The Morgan fingerprint density at radius 1 is 1.38 bits per heavy atom. The Hall–Kier alpha value is -1.56. The van der Waals surface area contributed by atoms with Gasteiger partial charge in [-0.1, -0.05) is 29.3 Å². The fourth-order valence-corrected chi connectivity index (χ4v) is 3.17. The highest BCUT2D eigenvalue weighted by Gasteiger charge is 2.49. The van der Waals surface area contributed by atoms with Crippen molar-refractivity contribution in [2.24, 2.45) is 0 Å². The molecular formula is C15H19BrN2O3. The SMILES string of the molecule is CCCC1(C(=O)O)CCCN1C(=O)Nc1ccc(Br)cc1. The Morgan fingerprint density at radius 3 is 2.62 bits per heavy atom. The van der Waals surface area contributed by atoms with Crippen LogP contribution in [0.2, 0.25) is 0 Å². The molecule has 0 saturated carbocycles. The summed E-state index contributed by atoms with van der Waals surface area (Å²) in [6, 6.07) is 6.87. The number of likely N-dealkylation sites (tertiary alicyclic amines) is 1. The number of hydrogen-bond acceptors (Lipinski definition) is 2. The number of urea groups is 1. The number of rotatable bonds is 4. The van der Waals surface area contributed by atoms with E-state index in [1.165, 1.54) is 4.90 Å². The summed E-state index contributed by atoms with van der Waals surface area (Å²) < 4.78 is 0.924. The van der Waals surface area contributed by atoms with Gasteiger partial charge < -0.3 is 15.3 Å². The van der Waals surface area contributed by atoms with E-state index in [1.54, 1.807) is 12.1 Å². The van der Waals surface area contributed by atoms with Gasteiger partial charge in [-0.3, -0.25) is 0 Å². The van der Waals surface area contributed by atoms with Crippen molar-refractivity contribution in [3.8, 4) is 0 Å². The predicted octanol–water partition coefficient (Wildman–Crippen LogP) is 3.70. The highest BCUT2D eigenvalue weighted by atomic mass is 79.9. The number of carbonyl (C=O) groups is 2. The van der Waals surface area contributed by atoms with Gasteiger partial charge in [0.15, 0.2) is 0 Å². The highest BCUT2D eigenvalue weighted by molar-refractivity contribution is 9.10. The Kier molecular flexibility index (Phi) is 4.88. The minimum Gasteiger partial charge on any atom is -0.479 e. The summed E-state index contributed by atoms with van der Waals surface area (Å²) >= 11 is 3.33. The molecule has 0 radical (unpaired) electrons. The van der Waals surface area contributed by atoms with Crippen molar-refractivity contribution >= 4 is 33.6 Å². The first kappa shape index (κ1) is 15.8. The molecule has 1 saturated heterocycles. The first-order chi connectivity index (χ1) is 9.99. The van der Waals surface area contributed by atoms with Crippen molar-refractivity contribution in [3.05, 3.63) is 28.7 Å². The van der Waals surface area contributed by atoms with Gasteiger partial charge in [0, 0.05) is 16.7 Å². The monoisotopic (exact) mass is 354 g/mol. The van der Waals surface area contributed by atoms with E-state index in [0.29, 0.717) is 25.1 Å². The van der Waals surface area contributed by atoms with Gasteiger partial charge in [0.1, 0.15) is 5.54 Å². The number of nitrogens with zero attached hydrogens (tertiary/aromatic N) is 1. The van der Waals surface area contributed by atoms with E-state index in [2.05, 4.69) is 21.2 Å². The van der Waals surface area contributed by atoms with Crippen molar-refractivity contribution in [2.75, 3.05) is 11.9 Å². The zero-order valence-electron chi connectivity index (χ0n) is 11.9. The molecule has 2 rings (SSSR count). The van der Waals surface area contributed by atoms with Crippen LogP contribution >= 0.6 is 15.9 Å². The van der Waals surface area contributed by atoms with Gasteiger partial charge in [-0.05, 0) is 43.5 Å². The van der Waals surface area contributed by atoms with E-state index in [9.17, 15) is 14.7 Å². The number of aliphatic carboxylic acids is 1. The van der Waals surface area contributed by atoms with E-state index in [0.717, 1.165) is 17.3 Å². The average Bonchev–Trinajstić information content (AvgIpc) is 2.87. The molecule has 5 nitrogen and oxygen atoms in total. The summed E-state index contributed by atoms with van der Waals surface area (Å²) in [6.07, 6.45) is 2.45. The molecule has 1 atom stereocenters. The molecule has 1 aliphatic rings. The Labute approximate surface area is 132 Å². The van der Waals surface area contributed by atoms with Crippen LogP contribution in [0.1, 0.15) is 32.6 Å². The van der Waals surface area contributed by atoms with Crippen molar-refractivity contribution in [1.29, 1.82) is 0 Å². The molecule has 6 heteroatoms. The third-order valence-corrected chi connectivity index (χ3v) is 4.42. The first-order valence-corrected chi connectivity index (χ1v) is 7.86. The molecule has 1 aromatic carbocycles. The Morgan fingerprint density at radius 2 is 2.05 bits per heavy atom. The fourth-order valence-electron chi connectivity index (χ4n) is 2.90. The van der Waals surface area contributed by atoms with Gasteiger partial charge in [0.25, 0.3) is 0 Å². The van der Waals surface area contributed by atoms with Crippen molar-refractivity contribution < 1.29 is 14.7 Å². The lowest BCUT2D eigenvalue weighted by Crippen LogP contribution is -2.54. The second-order valence-electron chi connectivity index (χ2n) is 5.28. The molecule has 1 unspecified atom stereocenters. The van der Waals surface area contributed by atoms with Crippen LogP contribution in [-0.2, 0) is 4.79 Å². The van der Waals surface area contributed by atoms with Crippen LogP contribution in [0.15, 0.2) is 28.7 Å². The molecule has 2 N–H and O–H groups in total.